The number of aromatic nitrogens is 2. The summed E-state index contributed by atoms with van der Waals surface area (Å²) in [5.41, 5.74) is 2.56. The second kappa shape index (κ2) is 7.41. The normalized spacial score (nSPS) is 18.5. The molecular formula is C18H22N4O3S. The van der Waals surface area contributed by atoms with Gasteiger partial charge in [-0.05, 0) is 31.5 Å². The lowest BCUT2D eigenvalue weighted by molar-refractivity contribution is -0.129. The molecule has 0 saturated carbocycles. The fourth-order valence-corrected chi connectivity index (χ4v) is 4.77. The smallest absolute Gasteiger partial charge is 0.241 e. The molecule has 1 atom stereocenters. The van der Waals surface area contributed by atoms with E-state index in [-0.39, 0.29) is 30.0 Å². The average Bonchev–Trinajstić information content (AvgIpc) is 2.99. The summed E-state index contributed by atoms with van der Waals surface area (Å²) in [6.45, 7) is 1.95. The third-order valence-corrected chi connectivity index (χ3v) is 6.28. The molecule has 0 bridgehead atoms. The van der Waals surface area contributed by atoms with Crippen LogP contribution in [0.1, 0.15) is 12.2 Å². The molecule has 1 saturated heterocycles. The van der Waals surface area contributed by atoms with Crippen LogP contribution in [0.2, 0.25) is 0 Å². The first-order chi connectivity index (χ1) is 12.3. The topological polar surface area (TPSA) is 92.3 Å². The van der Waals surface area contributed by atoms with Crippen molar-refractivity contribution in [1.82, 2.24) is 14.9 Å². The Hall–Kier alpha value is -2.48. The SMILES string of the molecule is Cc1nccc(-c2cccc(NCC(=O)N(C)C3CCS(=O)(=O)C3)c2)n1. The van der Waals surface area contributed by atoms with Crippen LogP contribution in [0.4, 0.5) is 5.69 Å². The Morgan fingerprint density at radius 1 is 1.35 bits per heavy atom. The Kier molecular flexibility index (Phi) is 5.22. The fourth-order valence-electron chi connectivity index (χ4n) is 2.99. The predicted molar refractivity (Wildman–Crippen MR) is 101 cm³/mol. The summed E-state index contributed by atoms with van der Waals surface area (Å²) in [6.07, 6.45) is 2.22. The molecule has 2 heterocycles. The molecule has 2 aromatic rings. The van der Waals surface area contributed by atoms with Gasteiger partial charge in [-0.2, -0.15) is 0 Å². The third-order valence-electron chi connectivity index (χ3n) is 4.53. The van der Waals surface area contributed by atoms with Crippen LogP contribution in [0.25, 0.3) is 11.3 Å². The zero-order valence-electron chi connectivity index (χ0n) is 14.8. The van der Waals surface area contributed by atoms with E-state index < -0.39 is 9.84 Å². The van der Waals surface area contributed by atoms with Gasteiger partial charge in [-0.3, -0.25) is 4.79 Å². The second-order valence-electron chi connectivity index (χ2n) is 6.48. The molecule has 138 valence electrons. The van der Waals surface area contributed by atoms with Gasteiger partial charge < -0.3 is 10.2 Å². The van der Waals surface area contributed by atoms with Crippen LogP contribution in [-0.4, -0.2) is 60.3 Å². The van der Waals surface area contributed by atoms with Crippen molar-refractivity contribution >= 4 is 21.4 Å². The highest BCUT2D eigenvalue weighted by molar-refractivity contribution is 7.91. The number of nitrogens with one attached hydrogen (secondary N) is 1. The van der Waals surface area contributed by atoms with Crippen LogP contribution in [0.5, 0.6) is 0 Å². The number of hydrogen-bond donors (Lipinski definition) is 1. The summed E-state index contributed by atoms with van der Waals surface area (Å²) < 4.78 is 23.2. The number of carbonyl (C=O) groups excluding carboxylic acids is 1. The van der Waals surface area contributed by atoms with Crippen LogP contribution < -0.4 is 5.32 Å². The van der Waals surface area contributed by atoms with Crippen LogP contribution in [0.3, 0.4) is 0 Å². The number of carbonyl (C=O) groups is 1. The van der Waals surface area contributed by atoms with Crippen LogP contribution in [0, 0.1) is 6.92 Å². The molecule has 7 nitrogen and oxygen atoms in total. The van der Waals surface area contributed by atoms with Crippen LogP contribution in [-0.2, 0) is 14.6 Å². The van der Waals surface area contributed by atoms with E-state index in [9.17, 15) is 13.2 Å². The third kappa shape index (κ3) is 4.37. The number of hydrogen-bond acceptors (Lipinski definition) is 6. The highest BCUT2D eigenvalue weighted by Gasteiger charge is 2.32. The van der Waals surface area contributed by atoms with Gasteiger partial charge in [0.25, 0.3) is 0 Å². The molecule has 0 radical (unpaired) electrons. The molecule has 3 rings (SSSR count). The maximum atomic E-state index is 12.4. The summed E-state index contributed by atoms with van der Waals surface area (Å²) in [5.74, 6) is 0.778. The predicted octanol–water partition coefficient (Wildman–Crippen LogP) is 1.51. The summed E-state index contributed by atoms with van der Waals surface area (Å²) in [6, 6.07) is 9.26. The second-order valence-corrected chi connectivity index (χ2v) is 8.71. The van der Waals surface area contributed by atoms with E-state index >= 15 is 0 Å². The van der Waals surface area contributed by atoms with Crippen molar-refractivity contribution in [3.8, 4) is 11.3 Å². The van der Waals surface area contributed by atoms with Crippen molar-refractivity contribution < 1.29 is 13.2 Å². The molecule has 8 heteroatoms. The molecule has 1 aromatic carbocycles. The quantitative estimate of drug-likeness (QED) is 0.853. The lowest BCUT2D eigenvalue weighted by Gasteiger charge is -2.23. The summed E-state index contributed by atoms with van der Waals surface area (Å²) >= 11 is 0. The zero-order chi connectivity index (χ0) is 18.7. The lowest BCUT2D eigenvalue weighted by atomic mass is 10.1. The van der Waals surface area contributed by atoms with Gasteiger partial charge in [-0.1, -0.05) is 12.1 Å². The monoisotopic (exact) mass is 374 g/mol. The van der Waals surface area contributed by atoms with E-state index in [2.05, 4.69) is 15.3 Å². The Morgan fingerprint density at radius 3 is 2.85 bits per heavy atom. The minimum atomic E-state index is -3.01. The van der Waals surface area contributed by atoms with Crippen LogP contribution >= 0.6 is 0 Å². The van der Waals surface area contributed by atoms with Gasteiger partial charge in [-0.15, -0.1) is 0 Å². The molecule has 26 heavy (non-hydrogen) atoms. The van der Waals surface area contributed by atoms with Crippen molar-refractivity contribution in [1.29, 1.82) is 0 Å². The van der Waals surface area contributed by atoms with Crippen molar-refractivity contribution in [3.05, 3.63) is 42.4 Å². The molecule has 0 spiro atoms. The Morgan fingerprint density at radius 2 is 2.15 bits per heavy atom. The molecule has 1 unspecified atom stereocenters. The van der Waals surface area contributed by atoms with Crippen LogP contribution in [0.15, 0.2) is 36.5 Å². The van der Waals surface area contributed by atoms with Gasteiger partial charge >= 0.3 is 0 Å². The number of rotatable bonds is 5. The number of anilines is 1. The molecule has 1 fully saturated rings. The maximum absolute atomic E-state index is 12.4. The van der Waals surface area contributed by atoms with E-state index in [1.54, 1.807) is 13.2 Å². The van der Waals surface area contributed by atoms with Crippen molar-refractivity contribution in [2.45, 2.75) is 19.4 Å². The Labute approximate surface area is 153 Å². The number of benzene rings is 1. The molecule has 1 aliphatic rings. The van der Waals surface area contributed by atoms with Gasteiger partial charge in [0, 0.05) is 30.5 Å². The van der Waals surface area contributed by atoms with Gasteiger partial charge in [-0.25, -0.2) is 18.4 Å². The average molecular weight is 374 g/mol. The number of nitrogens with zero attached hydrogens (tertiary/aromatic N) is 3. The van der Waals surface area contributed by atoms with E-state index in [0.29, 0.717) is 12.2 Å². The van der Waals surface area contributed by atoms with Gasteiger partial charge in [0.15, 0.2) is 9.84 Å². The van der Waals surface area contributed by atoms with Crippen molar-refractivity contribution in [3.63, 3.8) is 0 Å². The number of likely N-dealkylation sites (N-methyl/N-ethyl adjacent to an activating group) is 1. The lowest BCUT2D eigenvalue weighted by Crippen LogP contribution is -2.40. The maximum Gasteiger partial charge on any atom is 0.241 e. The molecule has 0 aliphatic carbocycles. The minimum Gasteiger partial charge on any atom is -0.376 e. The summed E-state index contributed by atoms with van der Waals surface area (Å²) in [7, 11) is -1.34. The fraction of sp³-hybridized carbons (Fsp3) is 0.389. The first kappa shape index (κ1) is 18.3. The standard InChI is InChI=1S/C18H22N4O3S/c1-13-19-8-6-17(21-13)14-4-3-5-15(10-14)20-11-18(23)22(2)16-7-9-26(24,25)12-16/h3-6,8,10,16,20H,7,9,11-12H2,1-2H3. The van der Waals surface area contributed by atoms with Gasteiger partial charge in [0.2, 0.25) is 5.91 Å². The van der Waals surface area contributed by atoms with Crippen molar-refractivity contribution in [2.24, 2.45) is 0 Å². The van der Waals surface area contributed by atoms with E-state index in [4.69, 9.17) is 0 Å². The molecule has 1 aliphatic heterocycles. The first-order valence-corrected chi connectivity index (χ1v) is 10.3. The zero-order valence-corrected chi connectivity index (χ0v) is 15.7. The number of sulfone groups is 1. The number of amides is 1. The van der Waals surface area contributed by atoms with E-state index in [1.165, 1.54) is 4.90 Å². The van der Waals surface area contributed by atoms with Gasteiger partial charge in [0.05, 0.1) is 23.7 Å². The Bertz CT molecular complexity index is 914. The highest BCUT2D eigenvalue weighted by atomic mass is 32.2. The molecule has 1 N–H and O–H groups in total. The largest absolute Gasteiger partial charge is 0.376 e. The van der Waals surface area contributed by atoms with E-state index in [0.717, 1.165) is 16.9 Å². The molecule has 1 amide bonds. The molecule has 1 aromatic heterocycles. The minimum absolute atomic E-state index is 0.0534. The summed E-state index contributed by atoms with van der Waals surface area (Å²) in [5, 5.41) is 3.11. The summed E-state index contributed by atoms with van der Waals surface area (Å²) in [4.78, 5) is 22.4. The first-order valence-electron chi connectivity index (χ1n) is 8.44. The highest BCUT2D eigenvalue weighted by Crippen LogP contribution is 2.21. The Balaban J connectivity index is 1.63. The number of aryl methyl sites for hydroxylation is 1. The van der Waals surface area contributed by atoms with Gasteiger partial charge in [0.1, 0.15) is 5.82 Å². The molecular weight excluding hydrogens is 352 g/mol. The van der Waals surface area contributed by atoms with Crippen molar-refractivity contribution in [2.75, 3.05) is 30.4 Å². The van der Waals surface area contributed by atoms with E-state index in [1.807, 2.05) is 37.3 Å².